The summed E-state index contributed by atoms with van der Waals surface area (Å²) in [5.74, 6) is 5.18. The molecule has 1 atom stereocenters. The maximum Gasteiger partial charge on any atom is 0.138 e. The summed E-state index contributed by atoms with van der Waals surface area (Å²) >= 11 is 0. The number of nitrogens with zero attached hydrogens (tertiary/aromatic N) is 3. The number of benzene rings is 1. The van der Waals surface area contributed by atoms with Crippen molar-refractivity contribution in [2.24, 2.45) is 5.84 Å². The third-order valence-corrected chi connectivity index (χ3v) is 3.28. The minimum Gasteiger partial charge on any atom is -0.271 e. The molecule has 0 aliphatic heterocycles. The van der Waals surface area contributed by atoms with Crippen LogP contribution in [0.15, 0.2) is 24.5 Å². The van der Waals surface area contributed by atoms with Crippen LogP contribution in [0.4, 0.5) is 8.78 Å². The average Bonchev–Trinajstić information content (AvgIpc) is 2.88. The summed E-state index contributed by atoms with van der Waals surface area (Å²) in [6, 6.07) is 3.35. The standard InChI is InChI=1S/C14H19F2N5/c1-2-5-21-14(18-9-19-21)8-12(20-17)6-10-3-4-11(15)7-13(10)16/h3-4,7,9,12,20H,2,5-6,8,17H2,1H3. The number of aryl methyl sites for hydroxylation is 1. The Morgan fingerprint density at radius 3 is 2.81 bits per heavy atom. The summed E-state index contributed by atoms with van der Waals surface area (Å²) in [5.41, 5.74) is 3.08. The summed E-state index contributed by atoms with van der Waals surface area (Å²) in [5, 5.41) is 4.14. The van der Waals surface area contributed by atoms with Crippen LogP contribution < -0.4 is 11.3 Å². The predicted molar refractivity (Wildman–Crippen MR) is 75.2 cm³/mol. The smallest absolute Gasteiger partial charge is 0.138 e. The van der Waals surface area contributed by atoms with E-state index in [0.29, 0.717) is 18.4 Å². The summed E-state index contributed by atoms with van der Waals surface area (Å²) in [7, 11) is 0. The monoisotopic (exact) mass is 295 g/mol. The largest absolute Gasteiger partial charge is 0.271 e. The lowest BCUT2D eigenvalue weighted by atomic mass is 10.0. The van der Waals surface area contributed by atoms with Gasteiger partial charge in [0.15, 0.2) is 0 Å². The van der Waals surface area contributed by atoms with E-state index in [1.165, 1.54) is 18.5 Å². The van der Waals surface area contributed by atoms with E-state index in [9.17, 15) is 8.78 Å². The van der Waals surface area contributed by atoms with Crippen LogP contribution in [0, 0.1) is 11.6 Å². The number of nitrogens with two attached hydrogens (primary N) is 1. The van der Waals surface area contributed by atoms with E-state index in [2.05, 4.69) is 22.4 Å². The molecular formula is C14H19F2N5. The van der Waals surface area contributed by atoms with Crippen LogP contribution >= 0.6 is 0 Å². The number of aromatic nitrogens is 3. The molecule has 1 unspecified atom stereocenters. The van der Waals surface area contributed by atoms with Crippen LogP contribution in [0.2, 0.25) is 0 Å². The van der Waals surface area contributed by atoms with Crippen LogP contribution in [0.3, 0.4) is 0 Å². The molecule has 0 saturated carbocycles. The molecule has 1 aromatic heterocycles. The first-order chi connectivity index (χ1) is 10.1. The SMILES string of the molecule is CCCn1ncnc1CC(Cc1ccc(F)cc1F)NN. The molecule has 3 N–H and O–H groups in total. The first kappa shape index (κ1) is 15.5. The summed E-state index contributed by atoms with van der Waals surface area (Å²) in [4.78, 5) is 4.20. The highest BCUT2D eigenvalue weighted by molar-refractivity contribution is 5.20. The third-order valence-electron chi connectivity index (χ3n) is 3.28. The molecule has 5 nitrogen and oxygen atoms in total. The van der Waals surface area contributed by atoms with Crippen molar-refractivity contribution in [2.75, 3.05) is 0 Å². The Labute approximate surface area is 122 Å². The van der Waals surface area contributed by atoms with Gasteiger partial charge in [-0.3, -0.25) is 16.0 Å². The molecule has 0 saturated heterocycles. The molecule has 0 fully saturated rings. The van der Waals surface area contributed by atoms with Crippen molar-refractivity contribution in [3.63, 3.8) is 0 Å². The van der Waals surface area contributed by atoms with Crippen LogP contribution in [0.25, 0.3) is 0 Å². The van der Waals surface area contributed by atoms with Crippen molar-refractivity contribution in [2.45, 2.75) is 38.8 Å². The lowest BCUT2D eigenvalue weighted by Crippen LogP contribution is -2.39. The highest BCUT2D eigenvalue weighted by atomic mass is 19.1. The van der Waals surface area contributed by atoms with Crippen molar-refractivity contribution in [1.29, 1.82) is 0 Å². The number of hydrazine groups is 1. The van der Waals surface area contributed by atoms with E-state index < -0.39 is 11.6 Å². The molecule has 1 aromatic carbocycles. The Bertz CT molecular complexity index is 584. The molecule has 0 aliphatic carbocycles. The van der Waals surface area contributed by atoms with Crippen LogP contribution in [0.1, 0.15) is 24.7 Å². The number of nitrogens with one attached hydrogen (secondary N) is 1. The number of hydrogen-bond acceptors (Lipinski definition) is 4. The molecule has 2 rings (SSSR count). The van der Waals surface area contributed by atoms with Crippen molar-refractivity contribution in [3.05, 3.63) is 47.5 Å². The van der Waals surface area contributed by atoms with E-state index in [1.807, 2.05) is 4.68 Å². The minimum absolute atomic E-state index is 0.204. The van der Waals surface area contributed by atoms with E-state index in [1.54, 1.807) is 0 Å². The predicted octanol–water partition coefficient (Wildman–Crippen LogP) is 1.58. The quantitative estimate of drug-likeness (QED) is 0.601. The van der Waals surface area contributed by atoms with Gasteiger partial charge in [0.2, 0.25) is 0 Å². The topological polar surface area (TPSA) is 68.8 Å². The minimum atomic E-state index is -0.587. The van der Waals surface area contributed by atoms with Gasteiger partial charge in [-0.1, -0.05) is 13.0 Å². The van der Waals surface area contributed by atoms with E-state index in [0.717, 1.165) is 24.9 Å². The second kappa shape index (κ2) is 7.24. The van der Waals surface area contributed by atoms with Gasteiger partial charge in [-0.2, -0.15) is 5.10 Å². The molecule has 7 heteroatoms. The first-order valence-electron chi connectivity index (χ1n) is 6.90. The van der Waals surface area contributed by atoms with E-state index in [-0.39, 0.29) is 6.04 Å². The van der Waals surface area contributed by atoms with Gasteiger partial charge in [0, 0.05) is 25.1 Å². The molecule has 0 radical (unpaired) electrons. The van der Waals surface area contributed by atoms with Gasteiger partial charge in [-0.25, -0.2) is 13.8 Å². The van der Waals surface area contributed by atoms with Gasteiger partial charge in [0.05, 0.1) is 0 Å². The van der Waals surface area contributed by atoms with E-state index in [4.69, 9.17) is 5.84 Å². The Morgan fingerprint density at radius 1 is 1.33 bits per heavy atom. The Morgan fingerprint density at radius 2 is 2.14 bits per heavy atom. The van der Waals surface area contributed by atoms with Gasteiger partial charge in [0.1, 0.15) is 23.8 Å². The van der Waals surface area contributed by atoms with Gasteiger partial charge >= 0.3 is 0 Å². The second-order valence-corrected chi connectivity index (χ2v) is 4.91. The van der Waals surface area contributed by atoms with Crippen molar-refractivity contribution in [3.8, 4) is 0 Å². The van der Waals surface area contributed by atoms with Gasteiger partial charge in [-0.15, -0.1) is 0 Å². The maximum absolute atomic E-state index is 13.7. The van der Waals surface area contributed by atoms with Crippen molar-refractivity contribution >= 4 is 0 Å². The second-order valence-electron chi connectivity index (χ2n) is 4.91. The fourth-order valence-electron chi connectivity index (χ4n) is 2.21. The lowest BCUT2D eigenvalue weighted by Gasteiger charge is -2.16. The fraction of sp³-hybridized carbons (Fsp3) is 0.429. The highest BCUT2D eigenvalue weighted by Gasteiger charge is 2.15. The molecule has 0 bridgehead atoms. The van der Waals surface area contributed by atoms with Gasteiger partial charge < -0.3 is 0 Å². The normalized spacial score (nSPS) is 12.6. The van der Waals surface area contributed by atoms with Crippen LogP contribution in [-0.2, 0) is 19.4 Å². The average molecular weight is 295 g/mol. The third kappa shape index (κ3) is 4.05. The Hall–Kier alpha value is -1.86. The maximum atomic E-state index is 13.7. The van der Waals surface area contributed by atoms with Gasteiger partial charge in [0.25, 0.3) is 0 Å². The molecule has 0 spiro atoms. The van der Waals surface area contributed by atoms with Gasteiger partial charge in [-0.05, 0) is 24.5 Å². The number of halogens is 2. The zero-order valence-corrected chi connectivity index (χ0v) is 11.9. The van der Waals surface area contributed by atoms with Crippen molar-refractivity contribution in [1.82, 2.24) is 20.2 Å². The Kier molecular flexibility index (Phi) is 5.35. The molecule has 0 aliphatic rings. The molecule has 114 valence electrons. The number of rotatable bonds is 7. The summed E-state index contributed by atoms with van der Waals surface area (Å²) in [6.07, 6.45) is 3.32. The zero-order chi connectivity index (χ0) is 15.2. The molecule has 2 aromatic rings. The highest BCUT2D eigenvalue weighted by Crippen LogP contribution is 2.13. The van der Waals surface area contributed by atoms with Crippen molar-refractivity contribution < 1.29 is 8.78 Å². The molecule has 0 amide bonds. The molecular weight excluding hydrogens is 276 g/mol. The summed E-state index contributed by atoms with van der Waals surface area (Å²) < 4.78 is 28.4. The lowest BCUT2D eigenvalue weighted by molar-refractivity contribution is 0.472. The Balaban J connectivity index is 2.07. The molecule has 1 heterocycles. The van der Waals surface area contributed by atoms with Crippen LogP contribution in [-0.4, -0.2) is 20.8 Å². The fourth-order valence-corrected chi connectivity index (χ4v) is 2.21. The summed E-state index contributed by atoms with van der Waals surface area (Å²) in [6.45, 7) is 2.83. The zero-order valence-electron chi connectivity index (χ0n) is 11.9. The number of hydrogen-bond donors (Lipinski definition) is 2. The molecule has 21 heavy (non-hydrogen) atoms. The van der Waals surface area contributed by atoms with Crippen LogP contribution in [0.5, 0.6) is 0 Å². The first-order valence-corrected chi connectivity index (χ1v) is 6.90. The van der Waals surface area contributed by atoms with E-state index >= 15 is 0 Å².